The Bertz CT molecular complexity index is 1010. The summed E-state index contributed by atoms with van der Waals surface area (Å²) >= 11 is 0. The van der Waals surface area contributed by atoms with E-state index in [0.717, 1.165) is 12.8 Å². The SMILES string of the molecule is CCOC(=O)c1ccc(S(=O)(=O)N2CCC(C(=O)N[C@H](C)CCc3ccccc3)CC2)o1. The van der Waals surface area contributed by atoms with Crippen molar-refractivity contribution in [1.29, 1.82) is 0 Å². The summed E-state index contributed by atoms with van der Waals surface area (Å²) in [6.07, 6.45) is 2.59. The Morgan fingerprint density at radius 3 is 2.50 bits per heavy atom. The van der Waals surface area contributed by atoms with Crippen LogP contribution in [-0.4, -0.2) is 50.3 Å². The molecule has 0 bridgehead atoms. The zero-order valence-corrected chi connectivity index (χ0v) is 19.3. The minimum Gasteiger partial charge on any atom is -0.460 e. The molecule has 1 aliphatic heterocycles. The third kappa shape index (κ3) is 5.98. The van der Waals surface area contributed by atoms with Crippen LogP contribution in [0.25, 0.3) is 0 Å². The Hall–Kier alpha value is -2.65. The molecule has 1 fully saturated rings. The molecule has 3 rings (SSSR count). The molecule has 1 aromatic carbocycles. The molecular weight excluding hydrogens is 432 g/mol. The second kappa shape index (κ2) is 10.8. The maximum absolute atomic E-state index is 12.8. The van der Waals surface area contributed by atoms with Crippen LogP contribution in [0.1, 0.15) is 49.2 Å². The number of aryl methyl sites for hydroxylation is 1. The van der Waals surface area contributed by atoms with Gasteiger partial charge >= 0.3 is 5.97 Å². The number of rotatable bonds is 9. The zero-order valence-electron chi connectivity index (χ0n) is 18.5. The Labute approximate surface area is 189 Å². The quantitative estimate of drug-likeness (QED) is 0.574. The van der Waals surface area contributed by atoms with Crippen LogP contribution in [0.5, 0.6) is 0 Å². The predicted molar refractivity (Wildman–Crippen MR) is 119 cm³/mol. The molecule has 0 saturated carbocycles. The largest absolute Gasteiger partial charge is 0.460 e. The second-order valence-corrected chi connectivity index (χ2v) is 9.82. The van der Waals surface area contributed by atoms with Gasteiger partial charge in [-0.25, -0.2) is 13.2 Å². The first kappa shape index (κ1) is 24.0. The lowest BCUT2D eigenvalue weighted by molar-refractivity contribution is -0.126. The number of amides is 1. The highest BCUT2D eigenvalue weighted by molar-refractivity contribution is 7.89. The van der Waals surface area contributed by atoms with Crippen LogP contribution in [-0.2, 0) is 26.0 Å². The van der Waals surface area contributed by atoms with Gasteiger partial charge in [0.1, 0.15) is 0 Å². The van der Waals surface area contributed by atoms with E-state index in [0.29, 0.717) is 12.8 Å². The molecule has 0 aliphatic carbocycles. The molecule has 9 heteroatoms. The summed E-state index contributed by atoms with van der Waals surface area (Å²) in [5.41, 5.74) is 1.23. The van der Waals surface area contributed by atoms with Gasteiger partial charge in [-0.15, -0.1) is 0 Å². The third-order valence-corrected chi connectivity index (χ3v) is 7.35. The molecule has 1 saturated heterocycles. The van der Waals surface area contributed by atoms with Gasteiger partial charge in [0.2, 0.25) is 16.8 Å². The van der Waals surface area contributed by atoms with Crippen molar-refractivity contribution in [2.24, 2.45) is 5.92 Å². The van der Waals surface area contributed by atoms with E-state index in [2.05, 4.69) is 17.4 Å². The van der Waals surface area contributed by atoms with Gasteiger partial charge in [0.25, 0.3) is 10.0 Å². The summed E-state index contributed by atoms with van der Waals surface area (Å²) in [5.74, 6) is -1.12. The fourth-order valence-corrected chi connectivity index (χ4v) is 5.10. The van der Waals surface area contributed by atoms with Crippen molar-refractivity contribution in [3.05, 3.63) is 53.8 Å². The maximum atomic E-state index is 12.8. The molecule has 174 valence electrons. The molecule has 2 heterocycles. The van der Waals surface area contributed by atoms with Crippen molar-refractivity contribution in [2.75, 3.05) is 19.7 Å². The van der Waals surface area contributed by atoms with Crippen LogP contribution < -0.4 is 5.32 Å². The highest BCUT2D eigenvalue weighted by Crippen LogP contribution is 2.25. The van der Waals surface area contributed by atoms with Crippen LogP contribution in [0.15, 0.2) is 52.0 Å². The number of ether oxygens (including phenoxy) is 1. The number of carbonyl (C=O) groups excluding carboxylic acids is 2. The van der Waals surface area contributed by atoms with Crippen molar-refractivity contribution in [2.45, 2.75) is 50.7 Å². The number of hydrogen-bond acceptors (Lipinski definition) is 6. The molecule has 0 unspecified atom stereocenters. The molecule has 0 radical (unpaired) electrons. The van der Waals surface area contributed by atoms with E-state index in [9.17, 15) is 18.0 Å². The fourth-order valence-electron chi connectivity index (χ4n) is 3.72. The highest BCUT2D eigenvalue weighted by atomic mass is 32.2. The van der Waals surface area contributed by atoms with E-state index < -0.39 is 16.0 Å². The summed E-state index contributed by atoms with van der Waals surface area (Å²) in [6, 6.07) is 12.7. The lowest BCUT2D eigenvalue weighted by Crippen LogP contribution is -2.44. The van der Waals surface area contributed by atoms with E-state index in [-0.39, 0.29) is 48.4 Å². The van der Waals surface area contributed by atoms with Crippen molar-refractivity contribution < 1.29 is 27.2 Å². The number of esters is 1. The number of hydrogen-bond donors (Lipinski definition) is 1. The zero-order chi connectivity index (χ0) is 23.1. The van der Waals surface area contributed by atoms with Gasteiger partial charge in [0.15, 0.2) is 0 Å². The van der Waals surface area contributed by atoms with Crippen molar-refractivity contribution in [3.63, 3.8) is 0 Å². The molecule has 1 N–H and O–H groups in total. The standard InChI is InChI=1S/C23H30N2O6S/c1-3-30-23(27)20-11-12-21(31-20)32(28,29)25-15-13-19(14-16-25)22(26)24-17(2)9-10-18-7-5-4-6-8-18/h4-8,11-12,17,19H,3,9-10,13-16H2,1-2H3,(H,24,26)/t17-/m1/s1. The molecule has 1 aromatic heterocycles. The lowest BCUT2D eigenvalue weighted by atomic mass is 9.96. The minimum atomic E-state index is -3.87. The van der Waals surface area contributed by atoms with Crippen LogP contribution >= 0.6 is 0 Å². The van der Waals surface area contributed by atoms with E-state index in [1.54, 1.807) is 6.92 Å². The molecule has 1 atom stereocenters. The Kier molecular flexibility index (Phi) is 8.09. The normalized spacial score (nSPS) is 16.4. The Morgan fingerprint density at radius 1 is 1.16 bits per heavy atom. The van der Waals surface area contributed by atoms with Crippen LogP contribution in [0.3, 0.4) is 0 Å². The monoisotopic (exact) mass is 462 g/mol. The van der Waals surface area contributed by atoms with E-state index in [1.807, 2.05) is 25.1 Å². The maximum Gasteiger partial charge on any atom is 0.374 e. The van der Waals surface area contributed by atoms with Gasteiger partial charge in [-0.05, 0) is 57.2 Å². The molecule has 1 aliphatic rings. The first-order valence-electron chi connectivity index (χ1n) is 10.9. The topological polar surface area (TPSA) is 106 Å². The van der Waals surface area contributed by atoms with Crippen LogP contribution in [0.2, 0.25) is 0 Å². The third-order valence-electron chi connectivity index (χ3n) is 5.57. The summed E-state index contributed by atoms with van der Waals surface area (Å²) in [5, 5.41) is 2.76. The first-order valence-corrected chi connectivity index (χ1v) is 12.4. The van der Waals surface area contributed by atoms with Gasteiger partial charge < -0.3 is 14.5 Å². The number of carbonyl (C=O) groups is 2. The van der Waals surface area contributed by atoms with E-state index in [1.165, 1.54) is 22.0 Å². The predicted octanol–water partition coefficient (Wildman–Crippen LogP) is 2.99. The summed E-state index contributed by atoms with van der Waals surface area (Å²) in [7, 11) is -3.87. The summed E-state index contributed by atoms with van der Waals surface area (Å²) in [6.45, 7) is 4.24. The average Bonchev–Trinajstić information content (AvgIpc) is 3.30. The fraction of sp³-hybridized carbons (Fsp3) is 0.478. The smallest absolute Gasteiger partial charge is 0.374 e. The lowest BCUT2D eigenvalue weighted by Gasteiger charge is -2.30. The minimum absolute atomic E-state index is 0.0360. The molecule has 2 aromatic rings. The number of sulfonamides is 1. The van der Waals surface area contributed by atoms with Gasteiger partial charge in [-0.1, -0.05) is 30.3 Å². The average molecular weight is 463 g/mol. The number of piperidine rings is 1. The van der Waals surface area contributed by atoms with Crippen molar-refractivity contribution >= 4 is 21.9 Å². The van der Waals surface area contributed by atoms with Gasteiger partial charge in [0, 0.05) is 25.0 Å². The number of furan rings is 1. The molecule has 0 spiro atoms. The first-order chi connectivity index (χ1) is 15.3. The highest BCUT2D eigenvalue weighted by Gasteiger charge is 2.34. The summed E-state index contributed by atoms with van der Waals surface area (Å²) in [4.78, 5) is 24.4. The molecular formula is C23H30N2O6S. The molecule has 32 heavy (non-hydrogen) atoms. The number of nitrogens with one attached hydrogen (secondary N) is 1. The number of nitrogens with zero attached hydrogens (tertiary/aromatic N) is 1. The second-order valence-electron chi connectivity index (χ2n) is 7.95. The molecule has 8 nitrogen and oxygen atoms in total. The van der Waals surface area contributed by atoms with E-state index >= 15 is 0 Å². The van der Waals surface area contributed by atoms with Crippen molar-refractivity contribution in [1.82, 2.24) is 9.62 Å². The molecule has 1 amide bonds. The Morgan fingerprint density at radius 2 is 1.84 bits per heavy atom. The summed E-state index contributed by atoms with van der Waals surface area (Å²) < 4.78 is 37.0. The van der Waals surface area contributed by atoms with Gasteiger partial charge in [-0.2, -0.15) is 4.31 Å². The van der Waals surface area contributed by atoms with Crippen LogP contribution in [0.4, 0.5) is 0 Å². The van der Waals surface area contributed by atoms with Gasteiger partial charge in [0.05, 0.1) is 6.61 Å². The van der Waals surface area contributed by atoms with Crippen LogP contribution in [0, 0.1) is 5.92 Å². The van der Waals surface area contributed by atoms with Crippen molar-refractivity contribution in [3.8, 4) is 0 Å². The Balaban J connectivity index is 1.49. The van der Waals surface area contributed by atoms with E-state index in [4.69, 9.17) is 9.15 Å². The van der Waals surface area contributed by atoms with Gasteiger partial charge in [-0.3, -0.25) is 4.79 Å². The number of benzene rings is 1.